The van der Waals surface area contributed by atoms with Gasteiger partial charge >= 0.3 is 0 Å². The van der Waals surface area contributed by atoms with Crippen molar-refractivity contribution in [2.45, 2.75) is 56.8 Å². The third-order valence-corrected chi connectivity index (χ3v) is 7.37. The summed E-state index contributed by atoms with van der Waals surface area (Å²) in [6, 6.07) is 9.18. The highest BCUT2D eigenvalue weighted by atomic mass is 16.2. The zero-order valence-electron chi connectivity index (χ0n) is 18.3. The van der Waals surface area contributed by atoms with E-state index >= 15 is 0 Å². The lowest BCUT2D eigenvalue weighted by Crippen LogP contribution is -2.56. The number of aromatic nitrogens is 3. The van der Waals surface area contributed by atoms with Gasteiger partial charge in [0.05, 0.1) is 6.54 Å². The van der Waals surface area contributed by atoms with Crippen LogP contribution in [0, 0.1) is 10.8 Å². The van der Waals surface area contributed by atoms with Crippen LogP contribution in [0.25, 0.3) is 0 Å². The molecule has 2 heterocycles. The van der Waals surface area contributed by atoms with Gasteiger partial charge in [-0.15, -0.1) is 5.10 Å². The van der Waals surface area contributed by atoms with E-state index in [9.17, 15) is 9.59 Å². The Balaban J connectivity index is 1.26. The minimum absolute atomic E-state index is 0.0558. The number of fused-ring (bicyclic) bond motifs is 1. The number of nitrogens with zero attached hydrogens (tertiary/aromatic N) is 4. The minimum Gasteiger partial charge on any atom is -0.337 e. The Hall–Kier alpha value is -3.07. The van der Waals surface area contributed by atoms with Gasteiger partial charge in [-0.1, -0.05) is 36.8 Å². The first-order valence-corrected chi connectivity index (χ1v) is 11.3. The first-order valence-electron chi connectivity index (χ1n) is 11.3. The number of amides is 2. The lowest BCUT2D eigenvalue weighted by Gasteiger charge is -2.36. The van der Waals surface area contributed by atoms with E-state index < -0.39 is 17.6 Å². The molecule has 1 aliphatic heterocycles. The molecular weight excluding hydrogens is 406 g/mol. The van der Waals surface area contributed by atoms with Crippen molar-refractivity contribution in [1.29, 1.82) is 5.41 Å². The number of hydrogen-bond donors (Lipinski definition) is 3. The maximum atomic E-state index is 13.3. The number of benzene rings is 1. The predicted molar refractivity (Wildman–Crippen MR) is 118 cm³/mol. The van der Waals surface area contributed by atoms with E-state index in [1.165, 1.54) is 6.33 Å². The van der Waals surface area contributed by atoms with Crippen molar-refractivity contribution in [3.05, 3.63) is 48.0 Å². The summed E-state index contributed by atoms with van der Waals surface area (Å²) in [7, 11) is 1.79. The van der Waals surface area contributed by atoms with Crippen LogP contribution in [0.15, 0.2) is 36.7 Å². The Labute approximate surface area is 187 Å². The summed E-state index contributed by atoms with van der Waals surface area (Å²) in [5.74, 6) is -0.516. The number of nitrogens with one attached hydrogen (secondary N) is 3. The number of carbonyl (C=O) groups is 2. The second-order valence-corrected chi connectivity index (χ2v) is 9.19. The monoisotopic (exact) mass is 435 g/mol. The molecule has 3 unspecified atom stereocenters. The van der Waals surface area contributed by atoms with Crippen molar-refractivity contribution in [3.63, 3.8) is 0 Å². The van der Waals surface area contributed by atoms with E-state index in [0.717, 1.165) is 43.4 Å². The van der Waals surface area contributed by atoms with Crippen LogP contribution in [-0.4, -0.2) is 62.5 Å². The van der Waals surface area contributed by atoms with Gasteiger partial charge in [0.15, 0.2) is 0 Å². The van der Waals surface area contributed by atoms with Crippen LogP contribution >= 0.6 is 0 Å². The van der Waals surface area contributed by atoms with Crippen LogP contribution in [0.4, 0.5) is 0 Å². The van der Waals surface area contributed by atoms with Gasteiger partial charge in [-0.2, -0.15) is 0 Å². The lowest BCUT2D eigenvalue weighted by molar-refractivity contribution is -0.135. The molecule has 3 aliphatic rings. The molecule has 2 spiro atoms. The highest BCUT2D eigenvalue weighted by Gasteiger charge is 2.73. The molecule has 0 radical (unpaired) electrons. The first kappa shape index (κ1) is 20.8. The zero-order valence-corrected chi connectivity index (χ0v) is 18.3. The van der Waals surface area contributed by atoms with E-state index in [1.54, 1.807) is 16.6 Å². The number of rotatable bonds is 4. The molecule has 1 aromatic carbocycles. The average Bonchev–Trinajstić information content (AvgIpc) is 3.23. The largest absolute Gasteiger partial charge is 0.337 e. The summed E-state index contributed by atoms with van der Waals surface area (Å²) < 4.78 is 1.62. The van der Waals surface area contributed by atoms with E-state index in [2.05, 4.69) is 20.7 Å². The highest BCUT2D eigenvalue weighted by Crippen LogP contribution is 2.64. The molecule has 3 N–H and O–H groups in total. The molecule has 2 aromatic rings. The Morgan fingerprint density at radius 1 is 1.31 bits per heavy atom. The van der Waals surface area contributed by atoms with Gasteiger partial charge in [0.1, 0.15) is 18.0 Å². The smallest absolute Gasteiger partial charge is 0.291 e. The van der Waals surface area contributed by atoms with Crippen LogP contribution in [-0.2, 0) is 11.3 Å². The van der Waals surface area contributed by atoms with Gasteiger partial charge in [0.25, 0.3) is 5.91 Å². The van der Waals surface area contributed by atoms with Gasteiger partial charge in [-0.25, -0.2) is 9.67 Å². The summed E-state index contributed by atoms with van der Waals surface area (Å²) in [6.45, 7) is 1.12. The van der Waals surface area contributed by atoms with Gasteiger partial charge in [-0.05, 0) is 44.2 Å². The fourth-order valence-electron chi connectivity index (χ4n) is 5.52. The van der Waals surface area contributed by atoms with Crippen molar-refractivity contribution >= 4 is 17.5 Å². The molecule has 2 saturated carbocycles. The standard InChI is InChI=1S/C23H29N7O2/c1-29-21(32)17(10-12-26-23(29)14-22(23)11-6-5-9-18(22)24)27-20(31)19-25-15-30(28-19)13-16-7-3-2-4-8-16/h2-4,7-8,15,17,24,26H,5-6,9-14H2,1H3,(H,27,31). The van der Waals surface area contributed by atoms with Crippen LogP contribution < -0.4 is 10.6 Å². The summed E-state index contributed by atoms with van der Waals surface area (Å²) >= 11 is 0. The summed E-state index contributed by atoms with van der Waals surface area (Å²) in [5.41, 5.74) is 1.09. The predicted octanol–water partition coefficient (Wildman–Crippen LogP) is 1.56. The van der Waals surface area contributed by atoms with Crippen LogP contribution in [0.1, 0.15) is 54.7 Å². The molecule has 1 saturated heterocycles. The first-order chi connectivity index (χ1) is 15.4. The van der Waals surface area contributed by atoms with Crippen molar-refractivity contribution in [2.75, 3.05) is 13.6 Å². The van der Waals surface area contributed by atoms with Gasteiger partial charge < -0.3 is 15.6 Å². The molecule has 5 rings (SSSR count). The molecule has 9 heteroatoms. The van der Waals surface area contributed by atoms with Crippen LogP contribution in [0.3, 0.4) is 0 Å². The average molecular weight is 436 g/mol. The molecule has 2 amide bonds. The Kier molecular flexibility index (Phi) is 5.08. The number of carbonyl (C=O) groups excluding carboxylic acids is 2. The van der Waals surface area contributed by atoms with Gasteiger partial charge in [0, 0.05) is 18.2 Å². The highest BCUT2D eigenvalue weighted by molar-refractivity contribution is 5.97. The SMILES string of the molecule is CN1C(=O)C(NC(=O)c2ncn(Cc3ccccc3)n2)CCNC12CC21CCCCC1=N. The summed E-state index contributed by atoms with van der Waals surface area (Å²) in [6.07, 6.45) is 6.70. The quantitative estimate of drug-likeness (QED) is 0.674. The van der Waals surface area contributed by atoms with E-state index in [0.29, 0.717) is 19.5 Å². The zero-order chi connectivity index (χ0) is 22.3. The molecular formula is C23H29N7O2. The summed E-state index contributed by atoms with van der Waals surface area (Å²) in [5, 5.41) is 19.2. The molecule has 1 aromatic heterocycles. The van der Waals surface area contributed by atoms with Gasteiger partial charge in [0.2, 0.25) is 11.7 Å². The van der Waals surface area contributed by atoms with Crippen molar-refractivity contribution in [3.8, 4) is 0 Å². The molecule has 9 nitrogen and oxygen atoms in total. The lowest BCUT2D eigenvalue weighted by atomic mass is 9.82. The fourth-order valence-corrected chi connectivity index (χ4v) is 5.52. The second-order valence-electron chi connectivity index (χ2n) is 9.19. The molecule has 168 valence electrons. The van der Waals surface area contributed by atoms with Crippen LogP contribution in [0.5, 0.6) is 0 Å². The Morgan fingerprint density at radius 2 is 2.12 bits per heavy atom. The van der Waals surface area contributed by atoms with Crippen molar-refractivity contribution in [1.82, 2.24) is 30.3 Å². The summed E-state index contributed by atoms with van der Waals surface area (Å²) in [4.78, 5) is 32.0. The van der Waals surface area contributed by atoms with Crippen LogP contribution in [0.2, 0.25) is 0 Å². The van der Waals surface area contributed by atoms with E-state index in [-0.39, 0.29) is 17.1 Å². The van der Waals surface area contributed by atoms with Crippen molar-refractivity contribution < 1.29 is 9.59 Å². The fraction of sp³-hybridized carbons (Fsp3) is 0.522. The van der Waals surface area contributed by atoms with Crippen molar-refractivity contribution in [2.24, 2.45) is 5.41 Å². The molecule has 0 bridgehead atoms. The molecule has 2 aliphatic carbocycles. The number of likely N-dealkylation sites (N-methyl/N-ethyl adjacent to an activating group) is 1. The molecule has 3 atom stereocenters. The van der Waals surface area contributed by atoms with Gasteiger partial charge in [-0.3, -0.25) is 14.9 Å². The third-order valence-electron chi connectivity index (χ3n) is 7.37. The minimum atomic E-state index is -0.643. The maximum absolute atomic E-state index is 13.3. The second kappa shape index (κ2) is 7.81. The maximum Gasteiger partial charge on any atom is 0.291 e. The Morgan fingerprint density at radius 3 is 2.91 bits per heavy atom. The van der Waals surface area contributed by atoms with E-state index in [1.807, 2.05) is 30.3 Å². The third kappa shape index (κ3) is 3.31. The Bertz CT molecular complexity index is 1050. The normalized spacial score (nSPS) is 29.9. The molecule has 32 heavy (non-hydrogen) atoms. The number of hydrogen-bond acceptors (Lipinski definition) is 6. The molecule has 3 fully saturated rings. The topological polar surface area (TPSA) is 116 Å². The van der Waals surface area contributed by atoms with E-state index in [4.69, 9.17) is 5.41 Å².